The number of urea groups is 1. The lowest BCUT2D eigenvalue weighted by Crippen LogP contribution is -2.49. The molecule has 4 unspecified atom stereocenters. The molecule has 2 heterocycles. The fraction of sp³-hybridized carbons (Fsp3) is 0.640. The molecular weight excluding hydrogens is 501 g/mol. The monoisotopic (exact) mass is 537 g/mol. The maximum Gasteiger partial charge on any atom is 0.319 e. The second-order valence-electron chi connectivity index (χ2n) is 10.7. The number of amides is 3. The molecule has 2 N–H and O–H groups in total. The van der Waals surface area contributed by atoms with Gasteiger partial charge in [-0.3, -0.25) is 9.35 Å². The van der Waals surface area contributed by atoms with E-state index in [1.165, 1.54) is 17.0 Å². The quantitative estimate of drug-likeness (QED) is 0.562. The molecule has 0 radical (unpaired) electrons. The first-order chi connectivity index (χ1) is 17.2. The van der Waals surface area contributed by atoms with Gasteiger partial charge in [0.05, 0.1) is 24.1 Å². The van der Waals surface area contributed by atoms with E-state index < -0.39 is 22.3 Å². The van der Waals surface area contributed by atoms with Crippen LogP contribution in [0.25, 0.3) is 0 Å². The van der Waals surface area contributed by atoms with Crippen LogP contribution >= 0.6 is 0 Å². The highest BCUT2D eigenvalue weighted by molar-refractivity contribution is 7.85. The van der Waals surface area contributed by atoms with Crippen LogP contribution in [0.3, 0.4) is 0 Å². The summed E-state index contributed by atoms with van der Waals surface area (Å²) in [6.45, 7) is 5.62. The Hall–Kier alpha value is -2.75. The van der Waals surface area contributed by atoms with E-state index in [2.05, 4.69) is 12.2 Å². The lowest BCUT2D eigenvalue weighted by molar-refractivity contribution is -0.130. The number of hydrogen-bond acceptors (Lipinski definition) is 6. The van der Waals surface area contributed by atoms with Crippen LogP contribution in [-0.2, 0) is 14.9 Å². The van der Waals surface area contributed by atoms with Crippen molar-refractivity contribution in [1.82, 2.24) is 20.0 Å². The van der Waals surface area contributed by atoms with Gasteiger partial charge < -0.3 is 20.0 Å². The van der Waals surface area contributed by atoms with Crippen molar-refractivity contribution in [1.29, 1.82) is 5.26 Å². The van der Waals surface area contributed by atoms with Crippen molar-refractivity contribution in [2.75, 3.05) is 40.3 Å². The van der Waals surface area contributed by atoms with Crippen LogP contribution in [0.5, 0.6) is 0 Å². The highest BCUT2D eigenvalue weighted by Crippen LogP contribution is 2.43. The van der Waals surface area contributed by atoms with Gasteiger partial charge in [0.25, 0.3) is 10.1 Å². The smallest absolute Gasteiger partial charge is 0.319 e. The number of rotatable bonds is 4. The van der Waals surface area contributed by atoms with Crippen molar-refractivity contribution < 1.29 is 27.0 Å². The number of likely N-dealkylation sites (tertiary alicyclic amines) is 2. The maximum atomic E-state index is 13.5. The lowest BCUT2D eigenvalue weighted by atomic mass is 9.98. The van der Waals surface area contributed by atoms with Crippen molar-refractivity contribution in [2.45, 2.75) is 55.8 Å². The Bertz CT molecular complexity index is 1120. The van der Waals surface area contributed by atoms with Crippen LogP contribution in [0.15, 0.2) is 29.2 Å². The minimum Gasteiger partial charge on any atom is -0.331 e. The number of nitriles is 1. The van der Waals surface area contributed by atoms with Crippen LogP contribution in [0, 0.1) is 30.1 Å². The van der Waals surface area contributed by atoms with Gasteiger partial charge in [-0.2, -0.15) is 13.7 Å². The van der Waals surface area contributed by atoms with E-state index in [9.17, 15) is 22.4 Å². The molecule has 1 saturated carbocycles. The van der Waals surface area contributed by atoms with Gasteiger partial charge in [-0.05, 0) is 50.7 Å². The molecule has 204 valence electrons. The zero-order chi connectivity index (χ0) is 27.5. The number of nitrogens with zero attached hydrogens (tertiary/aromatic N) is 4. The van der Waals surface area contributed by atoms with E-state index in [0.717, 1.165) is 31.5 Å². The Balaban J connectivity index is 0.000000289. The van der Waals surface area contributed by atoms with Gasteiger partial charge in [0.2, 0.25) is 5.91 Å². The second-order valence-corrected chi connectivity index (χ2v) is 12.2. The number of aryl methyl sites for hydroxylation is 1. The number of nitrogens with one attached hydrogen (secondary N) is 1. The topological polar surface area (TPSA) is 134 Å². The SMILES string of the molecule is CN(C)C(=O)N1CC2CC(C)(NCC(=O)N3CC(F)CC3C#N)CC2C1.Cc1ccc(S(=O)(=O)O)cc1. The first-order valence-electron chi connectivity index (χ1n) is 12.3. The van der Waals surface area contributed by atoms with Crippen molar-refractivity contribution in [3.63, 3.8) is 0 Å². The lowest BCUT2D eigenvalue weighted by Gasteiger charge is -2.30. The first kappa shape index (κ1) is 28.8. The van der Waals surface area contributed by atoms with Crippen LogP contribution in [0.1, 0.15) is 31.7 Å². The van der Waals surface area contributed by atoms with Crippen molar-refractivity contribution in [2.24, 2.45) is 11.8 Å². The molecule has 12 heteroatoms. The molecule has 0 bridgehead atoms. The second kappa shape index (κ2) is 11.3. The number of alkyl halides is 1. The standard InChI is InChI=1S/C18H28FN5O2.C7H8O3S/c1-18(21-8-16(25)24-11-14(19)4-15(24)7-20)5-12-9-23(10-13(12)6-18)17(26)22(2)3;1-6-2-4-7(5-3-6)11(8,9)10/h12-15,21H,4-6,8-11H2,1-3H3;2-5H,1H3,(H,8,9,10). The van der Waals surface area contributed by atoms with E-state index in [-0.39, 0.29) is 41.9 Å². The zero-order valence-electron chi connectivity index (χ0n) is 21.7. The average Bonchev–Trinajstić information content (AvgIpc) is 3.48. The largest absolute Gasteiger partial charge is 0.331 e. The maximum absolute atomic E-state index is 13.5. The molecule has 2 aliphatic heterocycles. The van der Waals surface area contributed by atoms with E-state index in [4.69, 9.17) is 9.81 Å². The molecule has 0 aromatic heterocycles. The third-order valence-corrected chi connectivity index (χ3v) is 8.23. The van der Waals surface area contributed by atoms with Crippen LogP contribution in [0.4, 0.5) is 9.18 Å². The summed E-state index contributed by atoms with van der Waals surface area (Å²) >= 11 is 0. The fourth-order valence-corrected chi connectivity index (χ4v) is 5.99. The van der Waals surface area contributed by atoms with E-state index in [0.29, 0.717) is 11.8 Å². The minimum absolute atomic E-state index is 0.0162. The first-order valence-corrected chi connectivity index (χ1v) is 13.7. The predicted octanol–water partition coefficient (Wildman–Crippen LogP) is 2.06. The number of carbonyl (C=O) groups is 2. The van der Waals surface area contributed by atoms with E-state index >= 15 is 0 Å². The molecule has 2 saturated heterocycles. The minimum atomic E-state index is -4.02. The Morgan fingerprint density at radius 2 is 1.76 bits per heavy atom. The Morgan fingerprint density at radius 3 is 2.24 bits per heavy atom. The summed E-state index contributed by atoms with van der Waals surface area (Å²) in [5, 5.41) is 12.4. The molecule has 10 nitrogen and oxygen atoms in total. The summed E-state index contributed by atoms with van der Waals surface area (Å²) in [6.07, 6.45) is 0.829. The van der Waals surface area contributed by atoms with Gasteiger partial charge in [0.15, 0.2) is 0 Å². The molecule has 1 aliphatic carbocycles. The van der Waals surface area contributed by atoms with Crippen LogP contribution in [-0.4, -0.2) is 97.6 Å². The summed E-state index contributed by atoms with van der Waals surface area (Å²) in [4.78, 5) is 29.3. The summed E-state index contributed by atoms with van der Waals surface area (Å²) in [5.41, 5.74) is 0.798. The van der Waals surface area contributed by atoms with Crippen molar-refractivity contribution in [3.05, 3.63) is 29.8 Å². The normalized spacial score (nSPS) is 28.8. The summed E-state index contributed by atoms with van der Waals surface area (Å²) < 4.78 is 43.1. The van der Waals surface area contributed by atoms with Gasteiger partial charge >= 0.3 is 6.03 Å². The number of halogens is 1. The Morgan fingerprint density at radius 1 is 1.19 bits per heavy atom. The Kier molecular flexibility index (Phi) is 8.82. The van der Waals surface area contributed by atoms with E-state index in [1.54, 1.807) is 31.1 Å². The molecule has 1 aromatic carbocycles. The van der Waals surface area contributed by atoms with Gasteiger partial charge in [-0.25, -0.2) is 9.18 Å². The van der Waals surface area contributed by atoms with Crippen molar-refractivity contribution in [3.8, 4) is 6.07 Å². The highest BCUT2D eigenvalue weighted by atomic mass is 32.2. The third-order valence-electron chi connectivity index (χ3n) is 7.36. The molecule has 1 aromatic rings. The zero-order valence-corrected chi connectivity index (χ0v) is 22.5. The van der Waals surface area contributed by atoms with Gasteiger partial charge in [0, 0.05) is 39.1 Å². The third kappa shape index (κ3) is 7.18. The summed E-state index contributed by atoms with van der Waals surface area (Å²) in [6, 6.07) is 7.41. The summed E-state index contributed by atoms with van der Waals surface area (Å²) in [5.74, 6) is 0.681. The summed E-state index contributed by atoms with van der Waals surface area (Å²) in [7, 11) is -0.487. The molecule has 37 heavy (non-hydrogen) atoms. The molecule has 4 atom stereocenters. The number of fused-ring (bicyclic) bond motifs is 1. The number of benzene rings is 1. The van der Waals surface area contributed by atoms with Crippen molar-refractivity contribution >= 4 is 22.1 Å². The van der Waals surface area contributed by atoms with Crippen LogP contribution in [0.2, 0.25) is 0 Å². The van der Waals surface area contributed by atoms with Gasteiger partial charge in [0.1, 0.15) is 12.2 Å². The van der Waals surface area contributed by atoms with Crippen LogP contribution < -0.4 is 5.32 Å². The Labute approximate surface area is 218 Å². The molecule has 3 aliphatic rings. The molecular formula is C25H36FN5O5S. The van der Waals surface area contributed by atoms with E-state index in [1.807, 2.05) is 17.9 Å². The fourth-order valence-electron chi connectivity index (χ4n) is 5.51. The molecule has 0 spiro atoms. The molecule has 4 rings (SSSR count). The number of hydrogen-bond donors (Lipinski definition) is 2. The van der Waals surface area contributed by atoms with Gasteiger partial charge in [-0.15, -0.1) is 0 Å². The molecule has 3 amide bonds. The average molecular weight is 538 g/mol. The van der Waals surface area contributed by atoms with Gasteiger partial charge in [-0.1, -0.05) is 17.7 Å². The number of carbonyl (C=O) groups excluding carboxylic acids is 2. The predicted molar refractivity (Wildman–Crippen MR) is 135 cm³/mol. The molecule has 3 fully saturated rings. The highest BCUT2D eigenvalue weighted by Gasteiger charge is 2.48.